The van der Waals surface area contributed by atoms with Crippen LogP contribution in [0, 0.1) is 20.8 Å². The summed E-state index contributed by atoms with van der Waals surface area (Å²) in [5.74, 6) is -1.08. The lowest BCUT2D eigenvalue weighted by atomic mass is 10.2. The molecule has 4 N–H and O–H groups in total. The number of rotatable bonds is 7. The average Bonchev–Trinajstić information content (AvgIpc) is 2.94. The van der Waals surface area contributed by atoms with Crippen molar-refractivity contribution in [3.05, 3.63) is 43.2 Å². The standard InChI is InChI=1S/C15H20N4O5S/c1-7-9(3)18-11(8(2)15(24)19(18)14(7)23)6-25-5-10(16)13(22)17-4-12(20)21/h10H,4-6,16H2,1-3H3,(H,17,22)(H,20,21)/t10-/m0/s1. The first-order chi connectivity index (χ1) is 11.7. The molecule has 0 aliphatic rings. The Hall–Kier alpha value is -2.33. The molecule has 2 rings (SSSR count). The normalized spacial score (nSPS) is 12.5. The number of carbonyl (C=O) groups is 2. The molecule has 0 fully saturated rings. The van der Waals surface area contributed by atoms with Gasteiger partial charge in [0.25, 0.3) is 17.0 Å². The van der Waals surface area contributed by atoms with E-state index in [1.807, 2.05) is 0 Å². The number of amides is 1. The fourth-order valence-electron chi connectivity index (χ4n) is 2.51. The summed E-state index contributed by atoms with van der Waals surface area (Å²) >= 11 is 1.38. The van der Waals surface area contributed by atoms with Gasteiger partial charge in [-0.3, -0.25) is 18.9 Å². The lowest BCUT2D eigenvalue weighted by Crippen LogP contribution is -2.69. The molecule has 2 heterocycles. The highest BCUT2D eigenvalue weighted by Gasteiger charge is 2.21. The van der Waals surface area contributed by atoms with Gasteiger partial charge >= 0.3 is 0 Å². The van der Waals surface area contributed by atoms with Crippen molar-refractivity contribution in [1.82, 2.24) is 14.3 Å². The van der Waals surface area contributed by atoms with E-state index < -0.39 is 24.5 Å². The number of carboxylic acids is 1. The van der Waals surface area contributed by atoms with Gasteiger partial charge in [0.05, 0.1) is 24.0 Å². The second-order valence-electron chi connectivity index (χ2n) is 5.82. The SMILES string of the molecule is Cc1c(C)n2c(CSC[C@H]([NH3+])C(=O)NCC(=O)[O-])c(C)c(=O)n2c1=O. The second kappa shape index (κ2) is 7.28. The van der Waals surface area contributed by atoms with Crippen LogP contribution >= 0.6 is 11.8 Å². The Morgan fingerprint density at radius 3 is 2.36 bits per heavy atom. The largest absolute Gasteiger partial charge is 0.548 e. The third-order valence-corrected chi connectivity index (χ3v) is 5.23. The van der Waals surface area contributed by atoms with Crippen molar-refractivity contribution in [2.24, 2.45) is 0 Å². The summed E-state index contributed by atoms with van der Waals surface area (Å²) in [7, 11) is 0. The van der Waals surface area contributed by atoms with Crippen LogP contribution in [0.25, 0.3) is 0 Å². The molecule has 136 valence electrons. The number of quaternary nitrogens is 1. The molecule has 0 radical (unpaired) electrons. The van der Waals surface area contributed by atoms with E-state index in [0.29, 0.717) is 34.0 Å². The number of nitrogens with one attached hydrogen (secondary N) is 1. The van der Waals surface area contributed by atoms with E-state index in [0.717, 1.165) is 4.52 Å². The molecule has 0 aliphatic heterocycles. The highest BCUT2D eigenvalue weighted by Crippen LogP contribution is 2.16. The number of aliphatic carboxylic acids is 1. The van der Waals surface area contributed by atoms with Crippen LogP contribution in [0.1, 0.15) is 22.5 Å². The van der Waals surface area contributed by atoms with E-state index >= 15 is 0 Å². The maximum atomic E-state index is 12.3. The third kappa shape index (κ3) is 3.54. The molecular weight excluding hydrogens is 348 g/mol. The van der Waals surface area contributed by atoms with E-state index in [1.165, 1.54) is 11.8 Å². The Bertz CT molecular complexity index is 932. The van der Waals surface area contributed by atoms with E-state index in [2.05, 4.69) is 11.1 Å². The number of aryl methyl sites for hydroxylation is 1. The van der Waals surface area contributed by atoms with Gasteiger partial charge in [-0.2, -0.15) is 4.52 Å². The topological polar surface area (TPSA) is 140 Å². The summed E-state index contributed by atoms with van der Waals surface area (Å²) in [4.78, 5) is 46.5. The zero-order chi connectivity index (χ0) is 18.9. The smallest absolute Gasteiger partial charge is 0.279 e. The zero-order valence-electron chi connectivity index (χ0n) is 14.2. The summed E-state index contributed by atoms with van der Waals surface area (Å²) in [6.07, 6.45) is 0. The molecule has 25 heavy (non-hydrogen) atoms. The minimum atomic E-state index is -1.37. The Kier molecular flexibility index (Phi) is 5.53. The Labute approximate surface area is 147 Å². The predicted octanol–water partition coefficient (Wildman–Crippen LogP) is -3.17. The lowest BCUT2D eigenvalue weighted by molar-refractivity contribution is -0.396. The van der Waals surface area contributed by atoms with Gasteiger partial charge in [-0.1, -0.05) is 0 Å². The van der Waals surface area contributed by atoms with E-state index in [4.69, 9.17) is 0 Å². The number of fused-ring (bicyclic) bond motifs is 1. The lowest BCUT2D eigenvalue weighted by Gasteiger charge is -2.10. The molecule has 2 aromatic heterocycles. The molecule has 0 saturated carbocycles. The molecule has 0 aliphatic carbocycles. The summed E-state index contributed by atoms with van der Waals surface area (Å²) in [6, 6.07) is -0.642. The van der Waals surface area contributed by atoms with Gasteiger partial charge in [-0.25, -0.2) is 0 Å². The van der Waals surface area contributed by atoms with Gasteiger partial charge in [0.15, 0.2) is 6.04 Å². The van der Waals surface area contributed by atoms with Crippen molar-refractivity contribution in [2.45, 2.75) is 32.6 Å². The fraction of sp³-hybridized carbons (Fsp3) is 0.467. The molecule has 1 atom stereocenters. The van der Waals surface area contributed by atoms with Crippen LogP contribution in [-0.2, 0) is 15.3 Å². The fourth-order valence-corrected chi connectivity index (χ4v) is 3.59. The van der Waals surface area contributed by atoms with Crippen molar-refractivity contribution in [3.8, 4) is 0 Å². The van der Waals surface area contributed by atoms with Crippen LogP contribution in [0.3, 0.4) is 0 Å². The Balaban J connectivity index is 2.12. The van der Waals surface area contributed by atoms with Crippen LogP contribution < -0.4 is 27.3 Å². The second-order valence-corrected chi connectivity index (χ2v) is 6.85. The van der Waals surface area contributed by atoms with Gasteiger partial charge in [0.2, 0.25) is 0 Å². The van der Waals surface area contributed by atoms with E-state index in [9.17, 15) is 24.3 Å². The quantitative estimate of drug-likeness (QED) is 0.528. The van der Waals surface area contributed by atoms with E-state index in [-0.39, 0.29) is 11.1 Å². The molecule has 0 saturated heterocycles. The zero-order valence-corrected chi connectivity index (χ0v) is 15.1. The minimum Gasteiger partial charge on any atom is -0.548 e. The molecule has 1 amide bonds. The van der Waals surface area contributed by atoms with Crippen LogP contribution in [-0.4, -0.2) is 39.2 Å². The van der Waals surface area contributed by atoms with Crippen molar-refractivity contribution in [1.29, 1.82) is 0 Å². The molecule has 10 heteroatoms. The summed E-state index contributed by atoms with van der Waals surface area (Å²) < 4.78 is 2.75. The van der Waals surface area contributed by atoms with E-state index in [1.54, 1.807) is 25.3 Å². The molecule has 2 aromatic rings. The van der Waals surface area contributed by atoms with Gasteiger partial charge in [-0.05, 0) is 20.8 Å². The van der Waals surface area contributed by atoms with Gasteiger partial charge < -0.3 is 21.0 Å². The number of carbonyl (C=O) groups excluding carboxylic acids is 2. The van der Waals surface area contributed by atoms with Crippen LogP contribution in [0.15, 0.2) is 9.59 Å². The molecule has 0 bridgehead atoms. The molecular formula is C15H20N4O5S. The average molecular weight is 368 g/mol. The van der Waals surface area contributed by atoms with Crippen LogP contribution in [0.2, 0.25) is 0 Å². The Morgan fingerprint density at radius 1 is 1.16 bits per heavy atom. The molecule has 9 nitrogen and oxygen atoms in total. The van der Waals surface area contributed by atoms with Crippen molar-refractivity contribution < 1.29 is 20.4 Å². The number of hydrogen-bond acceptors (Lipinski definition) is 6. The Morgan fingerprint density at radius 2 is 1.76 bits per heavy atom. The highest BCUT2D eigenvalue weighted by atomic mass is 32.2. The van der Waals surface area contributed by atoms with Crippen LogP contribution in [0.4, 0.5) is 0 Å². The first-order valence-corrected chi connectivity index (χ1v) is 8.76. The minimum absolute atomic E-state index is 0.321. The van der Waals surface area contributed by atoms with Crippen molar-refractivity contribution in [2.75, 3.05) is 12.3 Å². The van der Waals surface area contributed by atoms with Crippen LogP contribution in [0.5, 0.6) is 0 Å². The highest BCUT2D eigenvalue weighted by molar-refractivity contribution is 7.98. The van der Waals surface area contributed by atoms with Crippen molar-refractivity contribution in [3.63, 3.8) is 0 Å². The number of thioether (sulfide) groups is 1. The molecule has 0 aromatic carbocycles. The number of hydrogen-bond donors (Lipinski definition) is 2. The van der Waals surface area contributed by atoms with Gasteiger partial charge in [-0.15, -0.1) is 11.8 Å². The summed E-state index contributed by atoms with van der Waals surface area (Å²) in [5.41, 5.74) is 5.49. The first kappa shape index (κ1) is 19.0. The number of aromatic nitrogens is 2. The maximum absolute atomic E-state index is 12.3. The monoisotopic (exact) mass is 368 g/mol. The number of carboxylic acid groups (broad SMARTS) is 1. The third-order valence-electron chi connectivity index (χ3n) is 4.11. The summed E-state index contributed by atoms with van der Waals surface area (Å²) in [5, 5.41) is 12.6. The summed E-state index contributed by atoms with van der Waals surface area (Å²) in [6.45, 7) is 4.57. The molecule has 0 unspecified atom stereocenters. The van der Waals surface area contributed by atoms with Crippen molar-refractivity contribution >= 4 is 23.6 Å². The molecule has 0 spiro atoms. The number of nitrogens with zero attached hydrogens (tertiary/aromatic N) is 2. The van der Waals surface area contributed by atoms with Gasteiger partial charge in [0, 0.05) is 22.6 Å². The van der Waals surface area contributed by atoms with Gasteiger partial charge in [0.1, 0.15) is 0 Å². The maximum Gasteiger partial charge on any atom is 0.279 e. The predicted molar refractivity (Wildman–Crippen MR) is 89.6 cm³/mol. The first-order valence-electron chi connectivity index (χ1n) is 7.61.